The minimum Gasteiger partial charge on any atom is -0.493 e. The summed E-state index contributed by atoms with van der Waals surface area (Å²) >= 11 is 1.52. The van der Waals surface area contributed by atoms with Gasteiger partial charge in [0.05, 0.1) is 25.6 Å². The molecule has 1 aromatic heterocycles. The summed E-state index contributed by atoms with van der Waals surface area (Å²) in [4.78, 5) is 16.1. The van der Waals surface area contributed by atoms with E-state index in [1.54, 1.807) is 14.2 Å². The fourth-order valence-corrected chi connectivity index (χ4v) is 3.62. The summed E-state index contributed by atoms with van der Waals surface area (Å²) in [6.45, 7) is 0.661. The van der Waals surface area contributed by atoms with Gasteiger partial charge in [-0.25, -0.2) is 4.98 Å². The molecular formula is C20H19N3O4S. The fourth-order valence-electron chi connectivity index (χ4n) is 2.90. The Morgan fingerprint density at radius 3 is 2.86 bits per heavy atom. The van der Waals surface area contributed by atoms with E-state index >= 15 is 0 Å². The molecule has 1 amide bonds. The number of hydrogen-bond acceptors (Lipinski definition) is 7. The maximum atomic E-state index is 11.5. The van der Waals surface area contributed by atoms with Crippen molar-refractivity contribution in [3.8, 4) is 28.5 Å². The predicted octanol–water partition coefficient (Wildman–Crippen LogP) is 3.77. The quantitative estimate of drug-likeness (QED) is 0.659. The Balaban J connectivity index is 1.46. The number of nitrogens with one attached hydrogen (secondary N) is 2. The number of benzene rings is 2. The van der Waals surface area contributed by atoms with E-state index in [0.29, 0.717) is 29.5 Å². The van der Waals surface area contributed by atoms with Crippen molar-refractivity contribution in [3.63, 3.8) is 0 Å². The number of methoxy groups -OCH3 is 2. The fraction of sp³-hybridized carbons (Fsp3) is 0.200. The molecule has 2 aromatic carbocycles. The summed E-state index contributed by atoms with van der Waals surface area (Å²) in [5.41, 5.74) is 3.48. The molecule has 1 aliphatic rings. The maximum absolute atomic E-state index is 11.5. The van der Waals surface area contributed by atoms with Gasteiger partial charge in [-0.1, -0.05) is 6.07 Å². The van der Waals surface area contributed by atoms with Crippen LogP contribution in [0.15, 0.2) is 41.8 Å². The molecule has 0 fully saturated rings. The van der Waals surface area contributed by atoms with Crippen LogP contribution in [0.5, 0.6) is 17.2 Å². The van der Waals surface area contributed by atoms with E-state index in [1.165, 1.54) is 11.3 Å². The van der Waals surface area contributed by atoms with Crippen LogP contribution in [0.1, 0.15) is 5.56 Å². The van der Waals surface area contributed by atoms with Crippen LogP contribution in [-0.4, -0.2) is 31.7 Å². The molecule has 0 atom stereocenters. The largest absolute Gasteiger partial charge is 0.493 e. The summed E-state index contributed by atoms with van der Waals surface area (Å²) < 4.78 is 16.0. The number of nitrogens with zero attached hydrogens (tertiary/aromatic N) is 1. The first kappa shape index (κ1) is 18.1. The number of carbonyl (C=O) groups excluding carboxylic acids is 1. The normalized spacial score (nSPS) is 12.6. The molecule has 7 nitrogen and oxygen atoms in total. The van der Waals surface area contributed by atoms with Crippen LogP contribution >= 0.6 is 11.3 Å². The molecule has 2 N–H and O–H groups in total. The van der Waals surface area contributed by atoms with Gasteiger partial charge in [0, 0.05) is 17.5 Å². The van der Waals surface area contributed by atoms with Crippen LogP contribution in [0.3, 0.4) is 0 Å². The zero-order chi connectivity index (χ0) is 19.5. The number of fused-ring (bicyclic) bond motifs is 1. The number of hydrogen-bond donors (Lipinski definition) is 2. The van der Waals surface area contributed by atoms with Crippen LogP contribution in [0, 0.1) is 0 Å². The van der Waals surface area contributed by atoms with Crippen molar-refractivity contribution in [1.82, 2.24) is 4.98 Å². The maximum Gasteiger partial charge on any atom is 0.262 e. The van der Waals surface area contributed by atoms with Crippen molar-refractivity contribution in [2.24, 2.45) is 0 Å². The second kappa shape index (κ2) is 7.77. The van der Waals surface area contributed by atoms with Crippen molar-refractivity contribution >= 4 is 28.1 Å². The standard InChI is InChI=1S/C20H19N3O4S/c1-25-17-5-3-12(7-18(17)26-2)9-21-20-23-15(11-28-20)13-4-6-16-14(8-13)22-19(24)10-27-16/h3-8,11H,9-10H2,1-2H3,(H,21,23)(H,22,24). The van der Waals surface area contributed by atoms with Crippen molar-refractivity contribution in [2.75, 3.05) is 31.5 Å². The Morgan fingerprint density at radius 1 is 1.18 bits per heavy atom. The summed E-state index contributed by atoms with van der Waals surface area (Å²) in [6.07, 6.45) is 0. The van der Waals surface area contributed by atoms with Crippen LogP contribution in [0.25, 0.3) is 11.3 Å². The molecule has 0 bridgehead atoms. The highest BCUT2D eigenvalue weighted by Crippen LogP contribution is 2.34. The Bertz CT molecular complexity index is 1020. The van der Waals surface area contributed by atoms with E-state index in [1.807, 2.05) is 41.8 Å². The minimum atomic E-state index is -0.153. The molecule has 0 unspecified atom stereocenters. The molecule has 144 valence electrons. The second-order valence-corrected chi connectivity index (χ2v) is 6.99. The minimum absolute atomic E-state index is 0.0489. The highest BCUT2D eigenvalue weighted by atomic mass is 32.1. The van der Waals surface area contributed by atoms with Crippen molar-refractivity contribution in [3.05, 3.63) is 47.3 Å². The Hall–Kier alpha value is -3.26. The smallest absolute Gasteiger partial charge is 0.262 e. The molecule has 28 heavy (non-hydrogen) atoms. The summed E-state index contributed by atoms with van der Waals surface area (Å²) in [5, 5.41) is 8.93. The Kier molecular flexibility index (Phi) is 5.03. The highest BCUT2D eigenvalue weighted by molar-refractivity contribution is 7.14. The van der Waals surface area contributed by atoms with E-state index in [2.05, 4.69) is 15.6 Å². The third-order valence-corrected chi connectivity index (χ3v) is 5.10. The van der Waals surface area contributed by atoms with Crippen molar-refractivity contribution in [2.45, 2.75) is 6.54 Å². The van der Waals surface area contributed by atoms with Crippen LogP contribution in [-0.2, 0) is 11.3 Å². The summed E-state index contributed by atoms with van der Waals surface area (Å²) in [6, 6.07) is 11.5. The zero-order valence-electron chi connectivity index (χ0n) is 15.4. The molecule has 8 heteroatoms. The SMILES string of the molecule is COc1ccc(CNc2nc(-c3ccc4c(c3)NC(=O)CO4)cs2)cc1OC. The molecule has 1 aliphatic heterocycles. The van der Waals surface area contributed by atoms with Gasteiger partial charge in [0.25, 0.3) is 5.91 Å². The van der Waals surface area contributed by atoms with Gasteiger partial charge in [-0.05, 0) is 35.9 Å². The zero-order valence-corrected chi connectivity index (χ0v) is 16.3. The molecule has 0 saturated heterocycles. The molecule has 4 rings (SSSR count). The topological polar surface area (TPSA) is 81.7 Å². The first-order valence-electron chi connectivity index (χ1n) is 8.63. The lowest BCUT2D eigenvalue weighted by molar-refractivity contribution is -0.118. The van der Waals surface area contributed by atoms with Crippen LogP contribution < -0.4 is 24.8 Å². The third-order valence-electron chi connectivity index (χ3n) is 4.30. The van der Waals surface area contributed by atoms with Gasteiger partial charge >= 0.3 is 0 Å². The number of rotatable bonds is 6. The van der Waals surface area contributed by atoms with E-state index in [9.17, 15) is 4.79 Å². The van der Waals surface area contributed by atoms with Crippen molar-refractivity contribution < 1.29 is 19.0 Å². The number of amides is 1. The summed E-state index contributed by atoms with van der Waals surface area (Å²) in [7, 11) is 3.24. The van der Waals surface area contributed by atoms with E-state index in [-0.39, 0.29) is 12.5 Å². The van der Waals surface area contributed by atoms with Gasteiger partial charge in [-0.2, -0.15) is 0 Å². The van der Waals surface area contributed by atoms with Gasteiger partial charge in [0.1, 0.15) is 5.75 Å². The highest BCUT2D eigenvalue weighted by Gasteiger charge is 2.17. The first-order chi connectivity index (χ1) is 13.7. The van der Waals surface area contributed by atoms with Gasteiger partial charge in [-0.15, -0.1) is 11.3 Å². The van der Waals surface area contributed by atoms with E-state index in [4.69, 9.17) is 14.2 Å². The van der Waals surface area contributed by atoms with Crippen LogP contribution in [0.2, 0.25) is 0 Å². The average molecular weight is 397 g/mol. The Morgan fingerprint density at radius 2 is 2.04 bits per heavy atom. The van der Waals surface area contributed by atoms with Crippen molar-refractivity contribution in [1.29, 1.82) is 0 Å². The number of carbonyl (C=O) groups is 1. The molecule has 0 spiro atoms. The van der Waals surface area contributed by atoms with Crippen LogP contribution in [0.4, 0.5) is 10.8 Å². The molecule has 3 aromatic rings. The predicted molar refractivity (Wildman–Crippen MR) is 109 cm³/mol. The number of anilines is 2. The van der Waals surface area contributed by atoms with Gasteiger partial charge in [0.2, 0.25) is 0 Å². The molecule has 0 saturated carbocycles. The molecule has 2 heterocycles. The average Bonchev–Trinajstić information content (AvgIpc) is 3.20. The summed E-state index contributed by atoms with van der Waals surface area (Å²) in [5.74, 6) is 1.91. The second-order valence-electron chi connectivity index (χ2n) is 6.13. The number of thiazole rings is 1. The number of ether oxygens (including phenoxy) is 3. The number of aromatic nitrogens is 1. The van der Waals surface area contributed by atoms with E-state index < -0.39 is 0 Å². The lowest BCUT2D eigenvalue weighted by Crippen LogP contribution is -2.25. The van der Waals surface area contributed by atoms with Gasteiger partial charge in [-0.3, -0.25) is 4.79 Å². The lowest BCUT2D eigenvalue weighted by Gasteiger charge is -2.18. The molecule has 0 radical (unpaired) electrons. The molecule has 0 aliphatic carbocycles. The molecular weight excluding hydrogens is 378 g/mol. The third kappa shape index (κ3) is 3.72. The first-order valence-corrected chi connectivity index (χ1v) is 9.51. The Labute approximate surface area is 166 Å². The van der Waals surface area contributed by atoms with E-state index in [0.717, 1.165) is 22.0 Å². The monoisotopic (exact) mass is 397 g/mol. The van der Waals surface area contributed by atoms with Gasteiger partial charge in [0.15, 0.2) is 23.2 Å². The lowest BCUT2D eigenvalue weighted by atomic mass is 10.1. The van der Waals surface area contributed by atoms with Gasteiger partial charge < -0.3 is 24.8 Å².